The van der Waals surface area contributed by atoms with Crippen molar-refractivity contribution in [2.24, 2.45) is 0 Å². The fourth-order valence-corrected chi connectivity index (χ4v) is 3.44. The normalized spacial score (nSPS) is 17.5. The summed E-state index contributed by atoms with van der Waals surface area (Å²) < 4.78 is 5.57. The summed E-state index contributed by atoms with van der Waals surface area (Å²) in [6, 6.07) is 7.45. The monoisotopic (exact) mass is 369 g/mol. The molecule has 7 heteroatoms. The van der Waals surface area contributed by atoms with Crippen LogP contribution in [0.15, 0.2) is 35.0 Å². The van der Waals surface area contributed by atoms with Crippen molar-refractivity contribution >= 4 is 17.4 Å². The van der Waals surface area contributed by atoms with Gasteiger partial charge in [0.05, 0.1) is 17.3 Å². The lowest BCUT2D eigenvalue weighted by Crippen LogP contribution is -2.35. The van der Waals surface area contributed by atoms with Gasteiger partial charge in [-0.05, 0) is 51.0 Å². The van der Waals surface area contributed by atoms with Gasteiger partial charge in [-0.3, -0.25) is 4.98 Å². The third kappa shape index (κ3) is 3.42. The van der Waals surface area contributed by atoms with Gasteiger partial charge in [-0.25, -0.2) is 4.98 Å². The highest BCUT2D eigenvalue weighted by Gasteiger charge is 2.28. The maximum atomic E-state index is 5.94. The van der Waals surface area contributed by atoms with Crippen LogP contribution in [0, 0.1) is 13.8 Å². The van der Waals surface area contributed by atoms with Crippen LogP contribution in [0.2, 0.25) is 5.02 Å². The van der Waals surface area contributed by atoms with Crippen molar-refractivity contribution in [1.29, 1.82) is 0 Å². The second-order valence-electron chi connectivity index (χ2n) is 6.67. The molecular formula is C19H20ClN5O. The van der Waals surface area contributed by atoms with E-state index in [2.05, 4.69) is 25.0 Å². The number of hydrogen-bond acceptors (Lipinski definition) is 6. The molecule has 1 fully saturated rings. The molecule has 4 rings (SSSR count). The number of rotatable bonds is 3. The highest BCUT2D eigenvalue weighted by Crippen LogP contribution is 2.30. The molecule has 1 unspecified atom stereocenters. The molecule has 0 radical (unpaired) electrons. The Morgan fingerprint density at radius 2 is 1.96 bits per heavy atom. The Morgan fingerprint density at radius 1 is 1.15 bits per heavy atom. The second kappa shape index (κ2) is 7.03. The molecule has 3 heterocycles. The van der Waals surface area contributed by atoms with Gasteiger partial charge in [-0.1, -0.05) is 16.8 Å². The van der Waals surface area contributed by atoms with Crippen LogP contribution in [-0.4, -0.2) is 33.2 Å². The first kappa shape index (κ1) is 17.0. The van der Waals surface area contributed by atoms with Crippen molar-refractivity contribution in [1.82, 2.24) is 20.1 Å². The van der Waals surface area contributed by atoms with Crippen LogP contribution >= 0.6 is 11.6 Å². The highest BCUT2D eigenvalue weighted by atomic mass is 35.5. The largest absolute Gasteiger partial charge is 0.354 e. The number of nitrogens with zero attached hydrogens (tertiary/aromatic N) is 5. The van der Waals surface area contributed by atoms with Crippen LogP contribution in [0.3, 0.4) is 0 Å². The Bertz CT molecular complexity index is 909. The number of hydrogen-bond donors (Lipinski definition) is 0. The molecule has 0 saturated carbocycles. The molecule has 2 aromatic heterocycles. The van der Waals surface area contributed by atoms with Gasteiger partial charge in [0.25, 0.3) is 0 Å². The molecule has 1 aliphatic rings. The van der Waals surface area contributed by atoms with E-state index in [4.69, 9.17) is 16.1 Å². The van der Waals surface area contributed by atoms with Gasteiger partial charge in [0.15, 0.2) is 0 Å². The van der Waals surface area contributed by atoms with Crippen LogP contribution in [0.25, 0.3) is 11.4 Å². The fourth-order valence-electron chi connectivity index (χ4n) is 3.31. The predicted molar refractivity (Wildman–Crippen MR) is 100 cm³/mol. The fraction of sp³-hybridized carbons (Fsp3) is 0.368. The molecule has 134 valence electrons. The van der Waals surface area contributed by atoms with E-state index in [0.717, 1.165) is 48.7 Å². The zero-order valence-corrected chi connectivity index (χ0v) is 15.6. The van der Waals surface area contributed by atoms with Crippen LogP contribution in [0.4, 0.5) is 5.82 Å². The number of aromatic nitrogens is 4. The minimum absolute atomic E-state index is 0.194. The Morgan fingerprint density at radius 3 is 2.77 bits per heavy atom. The molecule has 0 aliphatic carbocycles. The molecular weight excluding hydrogens is 350 g/mol. The van der Waals surface area contributed by atoms with E-state index in [1.165, 1.54) is 0 Å². The average molecular weight is 370 g/mol. The number of anilines is 1. The second-order valence-corrected chi connectivity index (χ2v) is 7.11. The predicted octanol–water partition coefficient (Wildman–Crippen LogP) is 4.18. The summed E-state index contributed by atoms with van der Waals surface area (Å²) in [4.78, 5) is 16.0. The summed E-state index contributed by atoms with van der Waals surface area (Å²) in [5, 5.41) is 4.83. The van der Waals surface area contributed by atoms with Crippen molar-refractivity contribution in [3.8, 4) is 11.4 Å². The molecule has 26 heavy (non-hydrogen) atoms. The number of aryl methyl sites for hydroxylation is 2. The summed E-state index contributed by atoms with van der Waals surface area (Å²) in [5.74, 6) is 2.42. The van der Waals surface area contributed by atoms with Gasteiger partial charge in [0.1, 0.15) is 5.82 Å². The van der Waals surface area contributed by atoms with Crippen molar-refractivity contribution in [3.63, 3.8) is 0 Å². The first-order valence-electron chi connectivity index (χ1n) is 8.75. The molecule has 1 aliphatic heterocycles. The quantitative estimate of drug-likeness (QED) is 0.689. The molecule has 0 amide bonds. The third-order valence-corrected chi connectivity index (χ3v) is 4.92. The summed E-state index contributed by atoms with van der Waals surface area (Å²) in [6.07, 6.45) is 3.88. The van der Waals surface area contributed by atoms with Gasteiger partial charge in [0.2, 0.25) is 11.7 Å². The molecule has 3 aromatic rings. The molecule has 0 N–H and O–H groups in total. The van der Waals surface area contributed by atoms with E-state index >= 15 is 0 Å². The Labute approximate surface area is 157 Å². The Balaban J connectivity index is 1.55. The lowest BCUT2D eigenvalue weighted by atomic mass is 9.98. The van der Waals surface area contributed by atoms with Gasteiger partial charge in [0, 0.05) is 29.9 Å². The number of benzene rings is 1. The highest BCUT2D eigenvalue weighted by molar-refractivity contribution is 6.30. The van der Waals surface area contributed by atoms with Crippen LogP contribution in [-0.2, 0) is 0 Å². The molecule has 0 bridgehead atoms. The van der Waals surface area contributed by atoms with Gasteiger partial charge in [-0.2, -0.15) is 4.98 Å². The molecule has 1 saturated heterocycles. The summed E-state index contributed by atoms with van der Waals surface area (Å²) in [6.45, 7) is 5.74. The zero-order valence-electron chi connectivity index (χ0n) is 14.8. The number of piperidine rings is 1. The number of halogens is 1. The molecule has 0 spiro atoms. The van der Waals surface area contributed by atoms with E-state index in [0.29, 0.717) is 16.7 Å². The van der Waals surface area contributed by atoms with Crippen molar-refractivity contribution in [3.05, 3.63) is 52.8 Å². The van der Waals surface area contributed by atoms with Crippen molar-refractivity contribution < 1.29 is 4.52 Å². The van der Waals surface area contributed by atoms with Gasteiger partial charge >= 0.3 is 0 Å². The minimum atomic E-state index is 0.194. The summed E-state index contributed by atoms with van der Waals surface area (Å²) in [7, 11) is 0. The summed E-state index contributed by atoms with van der Waals surface area (Å²) in [5.41, 5.74) is 2.77. The van der Waals surface area contributed by atoms with E-state index in [1.807, 2.05) is 38.1 Å². The van der Waals surface area contributed by atoms with E-state index in [-0.39, 0.29) is 5.92 Å². The zero-order chi connectivity index (χ0) is 18.1. The smallest absolute Gasteiger partial charge is 0.231 e. The van der Waals surface area contributed by atoms with E-state index in [1.54, 1.807) is 6.20 Å². The lowest BCUT2D eigenvalue weighted by Gasteiger charge is -2.32. The first-order valence-corrected chi connectivity index (χ1v) is 9.12. The van der Waals surface area contributed by atoms with E-state index < -0.39 is 0 Å². The standard InChI is InChI=1S/C19H20ClN5O/c1-12-10-21-13(2)18(22-12)25-9-3-4-15(11-25)19-23-17(24-26-19)14-5-7-16(20)8-6-14/h5-8,10,15H,3-4,9,11H2,1-2H3. The Kier molecular flexibility index (Phi) is 4.59. The van der Waals surface area contributed by atoms with Crippen molar-refractivity contribution in [2.45, 2.75) is 32.6 Å². The maximum absolute atomic E-state index is 5.94. The molecule has 1 aromatic carbocycles. The minimum Gasteiger partial charge on any atom is -0.354 e. The van der Waals surface area contributed by atoms with E-state index in [9.17, 15) is 0 Å². The molecule has 1 atom stereocenters. The third-order valence-electron chi connectivity index (χ3n) is 4.67. The van der Waals surface area contributed by atoms with Crippen LogP contribution in [0.1, 0.15) is 36.0 Å². The first-order chi connectivity index (χ1) is 12.6. The maximum Gasteiger partial charge on any atom is 0.231 e. The van der Waals surface area contributed by atoms with Crippen molar-refractivity contribution in [2.75, 3.05) is 18.0 Å². The topological polar surface area (TPSA) is 67.9 Å². The molecule has 6 nitrogen and oxygen atoms in total. The summed E-state index contributed by atoms with van der Waals surface area (Å²) >= 11 is 5.94. The lowest BCUT2D eigenvalue weighted by molar-refractivity contribution is 0.333. The Hall–Kier alpha value is -2.47. The SMILES string of the molecule is Cc1cnc(C)c(N2CCCC(c3nc(-c4ccc(Cl)cc4)no3)C2)n1. The average Bonchev–Trinajstić information content (AvgIpc) is 3.15. The van der Waals surface area contributed by atoms with Crippen LogP contribution < -0.4 is 4.90 Å². The van der Waals surface area contributed by atoms with Gasteiger partial charge < -0.3 is 9.42 Å². The van der Waals surface area contributed by atoms with Crippen LogP contribution in [0.5, 0.6) is 0 Å². The van der Waals surface area contributed by atoms with Gasteiger partial charge in [-0.15, -0.1) is 0 Å².